The Balaban J connectivity index is 1.88. The number of sulfonamides is 1. The predicted molar refractivity (Wildman–Crippen MR) is 90.8 cm³/mol. The number of fused-ring (bicyclic) bond motifs is 2. The SMILES string of the molecule is Cc1ccc(S(=O)(=O)N=c2sc3cc4c(cc3n2C)OCO4)cc1. The van der Waals surface area contributed by atoms with Crippen molar-refractivity contribution in [3.05, 3.63) is 46.8 Å². The molecular weight excluding hydrogens is 348 g/mol. The molecule has 0 aliphatic carbocycles. The zero-order chi connectivity index (χ0) is 16.9. The zero-order valence-corrected chi connectivity index (χ0v) is 14.6. The summed E-state index contributed by atoms with van der Waals surface area (Å²) < 4.78 is 42.4. The smallest absolute Gasteiger partial charge is 0.285 e. The van der Waals surface area contributed by atoms with Crippen molar-refractivity contribution < 1.29 is 17.9 Å². The van der Waals surface area contributed by atoms with Gasteiger partial charge in [0.1, 0.15) is 0 Å². The van der Waals surface area contributed by atoms with Crippen molar-refractivity contribution in [2.75, 3.05) is 6.79 Å². The molecule has 0 bridgehead atoms. The van der Waals surface area contributed by atoms with Crippen molar-refractivity contribution in [2.45, 2.75) is 11.8 Å². The van der Waals surface area contributed by atoms with Crippen LogP contribution in [0.4, 0.5) is 0 Å². The highest BCUT2D eigenvalue weighted by Crippen LogP contribution is 2.36. The summed E-state index contributed by atoms with van der Waals surface area (Å²) >= 11 is 1.30. The van der Waals surface area contributed by atoms with Crippen LogP contribution in [0.5, 0.6) is 11.5 Å². The number of rotatable bonds is 2. The van der Waals surface area contributed by atoms with E-state index in [1.807, 2.05) is 19.1 Å². The number of hydrogen-bond donors (Lipinski definition) is 0. The van der Waals surface area contributed by atoms with Crippen LogP contribution in [0.15, 0.2) is 45.7 Å². The summed E-state index contributed by atoms with van der Waals surface area (Å²) in [4.78, 5) is 0.578. The Labute approximate surface area is 142 Å². The first-order valence-electron chi connectivity index (χ1n) is 7.21. The fraction of sp³-hybridized carbons (Fsp3) is 0.188. The number of aryl methyl sites for hydroxylation is 2. The number of ether oxygens (including phenoxy) is 2. The topological polar surface area (TPSA) is 69.9 Å². The van der Waals surface area contributed by atoms with E-state index in [2.05, 4.69) is 4.40 Å². The summed E-state index contributed by atoms with van der Waals surface area (Å²) in [6, 6.07) is 10.3. The molecule has 0 unspecified atom stereocenters. The van der Waals surface area contributed by atoms with Gasteiger partial charge in [-0.2, -0.15) is 8.42 Å². The number of benzene rings is 2. The normalized spacial score (nSPS) is 14.5. The van der Waals surface area contributed by atoms with Crippen molar-refractivity contribution in [1.82, 2.24) is 4.57 Å². The van der Waals surface area contributed by atoms with Crippen LogP contribution in [0.2, 0.25) is 0 Å². The Bertz CT molecular complexity index is 1110. The highest BCUT2D eigenvalue weighted by Gasteiger charge is 2.18. The van der Waals surface area contributed by atoms with Crippen molar-refractivity contribution in [2.24, 2.45) is 11.4 Å². The monoisotopic (exact) mass is 362 g/mol. The third kappa shape index (κ3) is 2.47. The third-order valence-corrected chi connectivity index (χ3v) is 6.31. The summed E-state index contributed by atoms with van der Waals surface area (Å²) in [7, 11) is -1.98. The van der Waals surface area contributed by atoms with Crippen molar-refractivity contribution in [1.29, 1.82) is 0 Å². The standard InChI is InChI=1S/C16H14N2O4S2/c1-10-3-5-11(6-4-10)24(19,20)17-16-18(2)12-7-13-14(22-9-21-13)8-15(12)23-16/h3-8H,9H2,1-2H3. The van der Waals surface area contributed by atoms with Gasteiger partial charge in [0.25, 0.3) is 10.0 Å². The van der Waals surface area contributed by atoms with Gasteiger partial charge < -0.3 is 14.0 Å². The van der Waals surface area contributed by atoms with Crippen molar-refractivity contribution in [3.63, 3.8) is 0 Å². The summed E-state index contributed by atoms with van der Waals surface area (Å²) in [5.74, 6) is 1.32. The first-order valence-corrected chi connectivity index (χ1v) is 9.46. The maximum atomic E-state index is 12.5. The Morgan fingerprint density at radius 1 is 1.12 bits per heavy atom. The second-order valence-electron chi connectivity index (χ2n) is 5.50. The molecule has 0 fully saturated rings. The molecule has 24 heavy (non-hydrogen) atoms. The van der Waals surface area contributed by atoms with E-state index >= 15 is 0 Å². The van der Waals surface area contributed by atoms with Crippen LogP contribution in [0, 0.1) is 6.92 Å². The summed E-state index contributed by atoms with van der Waals surface area (Å²) in [5.41, 5.74) is 1.85. The van der Waals surface area contributed by atoms with Crippen molar-refractivity contribution in [3.8, 4) is 11.5 Å². The average Bonchev–Trinajstić information content (AvgIpc) is 3.10. The number of thiazole rings is 1. The van der Waals surface area contributed by atoms with Gasteiger partial charge in [0.15, 0.2) is 11.5 Å². The molecule has 8 heteroatoms. The van der Waals surface area contributed by atoms with Gasteiger partial charge in [-0.15, -0.1) is 4.40 Å². The lowest BCUT2D eigenvalue weighted by molar-refractivity contribution is 0.174. The Hall–Kier alpha value is -2.32. The lowest BCUT2D eigenvalue weighted by atomic mass is 10.2. The molecule has 2 aromatic carbocycles. The fourth-order valence-corrected chi connectivity index (χ4v) is 4.73. The van der Waals surface area contributed by atoms with E-state index < -0.39 is 10.0 Å². The number of aromatic nitrogens is 1. The quantitative estimate of drug-likeness (QED) is 0.703. The number of nitrogens with zero attached hydrogens (tertiary/aromatic N) is 2. The van der Waals surface area contributed by atoms with Crippen LogP contribution < -0.4 is 14.3 Å². The second-order valence-corrected chi connectivity index (χ2v) is 8.11. The Morgan fingerprint density at radius 3 is 2.50 bits per heavy atom. The van der Waals surface area contributed by atoms with E-state index in [1.165, 1.54) is 11.3 Å². The molecule has 2 heterocycles. The van der Waals surface area contributed by atoms with Crippen LogP contribution in [0.25, 0.3) is 10.2 Å². The summed E-state index contributed by atoms with van der Waals surface area (Å²) in [5, 5.41) is 0. The lowest BCUT2D eigenvalue weighted by Crippen LogP contribution is -2.13. The largest absolute Gasteiger partial charge is 0.454 e. The molecule has 0 amide bonds. The molecular formula is C16H14N2O4S2. The minimum absolute atomic E-state index is 0.180. The molecule has 0 N–H and O–H groups in total. The minimum Gasteiger partial charge on any atom is -0.454 e. The highest BCUT2D eigenvalue weighted by atomic mass is 32.2. The molecule has 124 valence electrons. The van der Waals surface area contributed by atoms with E-state index in [-0.39, 0.29) is 11.7 Å². The van der Waals surface area contributed by atoms with Crippen LogP contribution in [0.3, 0.4) is 0 Å². The Kier molecular flexibility index (Phi) is 3.40. The van der Waals surface area contributed by atoms with Gasteiger partial charge in [-0.1, -0.05) is 29.0 Å². The molecule has 0 atom stereocenters. The van der Waals surface area contributed by atoms with Gasteiger partial charge in [0.05, 0.1) is 15.1 Å². The average molecular weight is 362 g/mol. The molecule has 1 aliphatic heterocycles. The van der Waals surface area contributed by atoms with Gasteiger partial charge in [-0.05, 0) is 19.1 Å². The van der Waals surface area contributed by atoms with Gasteiger partial charge in [0.2, 0.25) is 11.6 Å². The molecule has 1 aliphatic rings. The number of hydrogen-bond acceptors (Lipinski definition) is 5. The predicted octanol–water partition coefficient (Wildman–Crippen LogP) is 2.57. The third-order valence-electron chi connectivity index (χ3n) is 3.82. The van der Waals surface area contributed by atoms with Gasteiger partial charge in [0, 0.05) is 19.2 Å². The molecule has 0 spiro atoms. The first-order chi connectivity index (χ1) is 11.4. The van der Waals surface area contributed by atoms with E-state index in [1.54, 1.807) is 35.9 Å². The van der Waals surface area contributed by atoms with E-state index in [4.69, 9.17) is 9.47 Å². The van der Waals surface area contributed by atoms with Crippen LogP contribution >= 0.6 is 11.3 Å². The van der Waals surface area contributed by atoms with Gasteiger partial charge in [-0.25, -0.2) is 0 Å². The van der Waals surface area contributed by atoms with Crippen LogP contribution in [-0.4, -0.2) is 19.8 Å². The fourth-order valence-electron chi connectivity index (χ4n) is 2.47. The molecule has 4 rings (SSSR count). The molecule has 1 aromatic heterocycles. The summed E-state index contributed by atoms with van der Waals surface area (Å²) in [6.45, 7) is 2.11. The second kappa shape index (κ2) is 5.35. The molecule has 0 radical (unpaired) electrons. The molecule has 6 nitrogen and oxygen atoms in total. The van der Waals surface area contributed by atoms with Crippen LogP contribution in [-0.2, 0) is 17.1 Å². The molecule has 0 saturated heterocycles. The van der Waals surface area contributed by atoms with E-state index in [0.29, 0.717) is 16.3 Å². The van der Waals surface area contributed by atoms with E-state index in [0.717, 1.165) is 15.8 Å². The molecule has 3 aromatic rings. The minimum atomic E-state index is -3.76. The highest BCUT2D eigenvalue weighted by molar-refractivity contribution is 7.90. The first kappa shape index (κ1) is 15.2. The van der Waals surface area contributed by atoms with Crippen molar-refractivity contribution >= 4 is 31.6 Å². The zero-order valence-electron chi connectivity index (χ0n) is 13.0. The summed E-state index contributed by atoms with van der Waals surface area (Å²) in [6.07, 6.45) is 0. The van der Waals surface area contributed by atoms with Gasteiger partial charge >= 0.3 is 0 Å². The lowest BCUT2D eigenvalue weighted by Gasteiger charge is -2.00. The van der Waals surface area contributed by atoms with Gasteiger partial charge in [-0.3, -0.25) is 0 Å². The maximum Gasteiger partial charge on any atom is 0.285 e. The Morgan fingerprint density at radius 2 is 1.79 bits per heavy atom. The van der Waals surface area contributed by atoms with Crippen LogP contribution in [0.1, 0.15) is 5.56 Å². The molecule has 0 saturated carbocycles. The van der Waals surface area contributed by atoms with E-state index in [9.17, 15) is 8.42 Å². The maximum absolute atomic E-state index is 12.5.